The van der Waals surface area contributed by atoms with Crippen molar-refractivity contribution in [1.82, 2.24) is 10.2 Å². The number of carbonyl (C=O) groups excluding carboxylic acids is 1. The molecule has 0 unspecified atom stereocenters. The van der Waals surface area contributed by atoms with Gasteiger partial charge in [0, 0.05) is 5.56 Å². The quantitative estimate of drug-likeness (QED) is 0.475. The Labute approximate surface area is 167 Å². The molecule has 0 aliphatic heterocycles. The fraction of sp³-hybridized carbons (Fsp3) is 0.174. The minimum Gasteiger partial charge on any atom is -0.497 e. The second-order valence-electron chi connectivity index (χ2n) is 6.92. The minimum absolute atomic E-state index is 0.0784. The first kappa shape index (κ1) is 17.4. The number of benzene rings is 3. The molecule has 4 aromatic rings. The normalized spacial score (nSPS) is 12.3. The van der Waals surface area contributed by atoms with Crippen molar-refractivity contribution in [2.24, 2.45) is 0 Å². The molecule has 144 valence electrons. The van der Waals surface area contributed by atoms with E-state index in [1.807, 2.05) is 48.5 Å². The molecule has 0 saturated carbocycles. The van der Waals surface area contributed by atoms with E-state index in [1.54, 1.807) is 7.11 Å². The highest BCUT2D eigenvalue weighted by Gasteiger charge is 2.20. The standard InChI is InChI=1S/C23H18N2O4/c1-27-17-10-7-16(8-11-17)22-25-24-20(29-22)13-28-23(26)19-12-9-15-6-5-14-3-2-4-18(19)21(14)15/h2-4,7-12H,5-6,13H2,1H3. The molecule has 1 aliphatic carbocycles. The Morgan fingerprint density at radius 1 is 1.00 bits per heavy atom. The molecular formula is C23H18N2O4. The van der Waals surface area contributed by atoms with Crippen LogP contribution < -0.4 is 4.74 Å². The van der Waals surface area contributed by atoms with Crippen LogP contribution in [0.15, 0.2) is 59.0 Å². The zero-order valence-corrected chi connectivity index (χ0v) is 15.8. The largest absolute Gasteiger partial charge is 0.497 e. The van der Waals surface area contributed by atoms with Crippen LogP contribution in [0.25, 0.3) is 22.2 Å². The number of ether oxygens (including phenoxy) is 2. The number of aromatic nitrogens is 2. The van der Waals surface area contributed by atoms with Gasteiger partial charge in [-0.2, -0.15) is 0 Å². The van der Waals surface area contributed by atoms with E-state index < -0.39 is 5.97 Å². The molecule has 1 aliphatic rings. The van der Waals surface area contributed by atoms with E-state index >= 15 is 0 Å². The van der Waals surface area contributed by atoms with Gasteiger partial charge in [-0.25, -0.2) is 4.79 Å². The Balaban J connectivity index is 1.33. The molecule has 0 saturated heterocycles. The number of nitrogens with zero attached hydrogens (tertiary/aromatic N) is 2. The highest BCUT2D eigenvalue weighted by molar-refractivity contribution is 6.07. The lowest BCUT2D eigenvalue weighted by molar-refractivity contribution is 0.0441. The summed E-state index contributed by atoms with van der Waals surface area (Å²) in [6, 6.07) is 17.2. The first-order valence-corrected chi connectivity index (χ1v) is 9.40. The van der Waals surface area contributed by atoms with E-state index in [2.05, 4.69) is 16.3 Å². The van der Waals surface area contributed by atoms with Gasteiger partial charge in [-0.3, -0.25) is 0 Å². The number of aryl methyl sites for hydroxylation is 2. The van der Waals surface area contributed by atoms with Crippen molar-refractivity contribution >= 4 is 16.7 Å². The number of rotatable bonds is 5. The van der Waals surface area contributed by atoms with Crippen molar-refractivity contribution in [3.05, 3.63) is 77.2 Å². The molecule has 0 N–H and O–H groups in total. The summed E-state index contributed by atoms with van der Waals surface area (Å²) in [5.41, 5.74) is 3.90. The first-order valence-electron chi connectivity index (χ1n) is 9.40. The summed E-state index contributed by atoms with van der Waals surface area (Å²) in [5, 5.41) is 10.1. The molecule has 0 amide bonds. The molecule has 0 radical (unpaired) electrons. The van der Waals surface area contributed by atoms with Crippen molar-refractivity contribution in [1.29, 1.82) is 0 Å². The van der Waals surface area contributed by atoms with Crippen molar-refractivity contribution < 1.29 is 18.7 Å². The zero-order valence-electron chi connectivity index (χ0n) is 15.8. The van der Waals surface area contributed by atoms with Crippen molar-refractivity contribution in [3.63, 3.8) is 0 Å². The van der Waals surface area contributed by atoms with Crippen molar-refractivity contribution in [3.8, 4) is 17.2 Å². The Morgan fingerprint density at radius 3 is 2.59 bits per heavy atom. The number of methoxy groups -OCH3 is 1. The molecule has 0 atom stereocenters. The Hall–Kier alpha value is -3.67. The van der Waals surface area contributed by atoms with E-state index in [0.717, 1.165) is 29.5 Å². The SMILES string of the molecule is COc1ccc(-c2nnc(COC(=O)c3ccc4c5c(cccc35)CC4)o2)cc1. The summed E-state index contributed by atoms with van der Waals surface area (Å²) in [7, 11) is 1.61. The molecular weight excluding hydrogens is 368 g/mol. The average molecular weight is 386 g/mol. The van der Waals surface area contributed by atoms with Crippen LogP contribution >= 0.6 is 0 Å². The smallest absolute Gasteiger partial charge is 0.339 e. The number of hydrogen-bond donors (Lipinski definition) is 0. The van der Waals surface area contributed by atoms with Crippen molar-refractivity contribution in [2.45, 2.75) is 19.4 Å². The summed E-state index contributed by atoms with van der Waals surface area (Å²) >= 11 is 0. The topological polar surface area (TPSA) is 74.5 Å². The first-order chi connectivity index (χ1) is 14.2. The van der Waals surface area contributed by atoms with Crippen LogP contribution in [0.2, 0.25) is 0 Å². The highest BCUT2D eigenvalue weighted by atomic mass is 16.5. The second-order valence-corrected chi connectivity index (χ2v) is 6.92. The van der Waals surface area contributed by atoms with Gasteiger partial charge >= 0.3 is 5.97 Å². The van der Waals surface area contributed by atoms with Gasteiger partial charge in [-0.1, -0.05) is 24.3 Å². The summed E-state index contributed by atoms with van der Waals surface area (Å²) in [4.78, 5) is 12.7. The fourth-order valence-corrected chi connectivity index (χ4v) is 3.79. The van der Waals surface area contributed by atoms with Gasteiger partial charge in [-0.15, -0.1) is 10.2 Å². The lowest BCUT2D eigenvalue weighted by Gasteiger charge is -2.08. The van der Waals surface area contributed by atoms with Crippen LogP contribution in [0.4, 0.5) is 0 Å². The Bertz CT molecular complexity index is 1200. The van der Waals surface area contributed by atoms with Gasteiger partial charge in [0.15, 0.2) is 6.61 Å². The number of hydrogen-bond acceptors (Lipinski definition) is 6. The van der Waals surface area contributed by atoms with E-state index in [4.69, 9.17) is 13.9 Å². The molecule has 0 bridgehead atoms. The van der Waals surface area contributed by atoms with Crippen LogP contribution in [0.1, 0.15) is 27.4 Å². The van der Waals surface area contributed by atoms with Gasteiger partial charge in [0.1, 0.15) is 5.75 Å². The molecule has 3 aromatic carbocycles. The summed E-state index contributed by atoms with van der Waals surface area (Å²) in [6.45, 7) is -0.0784. The van der Waals surface area contributed by atoms with Crippen molar-refractivity contribution in [2.75, 3.05) is 7.11 Å². The lowest BCUT2D eigenvalue weighted by atomic mass is 10.00. The predicted molar refractivity (Wildman–Crippen MR) is 107 cm³/mol. The Kier molecular flexibility index (Phi) is 4.24. The third-order valence-electron chi connectivity index (χ3n) is 5.23. The highest BCUT2D eigenvalue weighted by Crippen LogP contribution is 2.33. The summed E-state index contributed by atoms with van der Waals surface area (Å²) in [6.07, 6.45) is 2.03. The van der Waals surface area contributed by atoms with Gasteiger partial charge < -0.3 is 13.9 Å². The molecule has 1 heterocycles. The number of carbonyl (C=O) groups is 1. The summed E-state index contributed by atoms with van der Waals surface area (Å²) < 4.78 is 16.2. The molecule has 0 fully saturated rings. The third kappa shape index (κ3) is 3.12. The fourth-order valence-electron chi connectivity index (χ4n) is 3.79. The predicted octanol–water partition coefficient (Wildman–Crippen LogP) is 4.35. The molecule has 6 heteroatoms. The molecule has 0 spiro atoms. The van der Waals surface area contributed by atoms with Crippen LogP contribution in [0, 0.1) is 0 Å². The summed E-state index contributed by atoms with van der Waals surface area (Å²) in [5.74, 6) is 0.955. The van der Waals surface area contributed by atoms with E-state index in [1.165, 1.54) is 16.5 Å². The number of esters is 1. The van der Waals surface area contributed by atoms with Gasteiger partial charge in [0.2, 0.25) is 5.89 Å². The average Bonchev–Trinajstić information content (AvgIpc) is 3.41. The third-order valence-corrected chi connectivity index (χ3v) is 5.23. The monoisotopic (exact) mass is 386 g/mol. The Morgan fingerprint density at radius 2 is 1.79 bits per heavy atom. The van der Waals surface area contributed by atoms with Crippen LogP contribution in [0.5, 0.6) is 5.75 Å². The maximum Gasteiger partial charge on any atom is 0.339 e. The van der Waals surface area contributed by atoms with Crippen LogP contribution in [-0.2, 0) is 24.2 Å². The molecule has 1 aromatic heterocycles. The van der Waals surface area contributed by atoms with Gasteiger partial charge in [0.25, 0.3) is 5.89 Å². The van der Waals surface area contributed by atoms with Gasteiger partial charge in [0.05, 0.1) is 12.7 Å². The molecule has 29 heavy (non-hydrogen) atoms. The minimum atomic E-state index is -0.398. The van der Waals surface area contributed by atoms with Crippen LogP contribution in [0.3, 0.4) is 0 Å². The zero-order chi connectivity index (χ0) is 19.8. The van der Waals surface area contributed by atoms with E-state index in [0.29, 0.717) is 11.5 Å². The lowest BCUT2D eigenvalue weighted by Crippen LogP contribution is -2.06. The van der Waals surface area contributed by atoms with E-state index in [-0.39, 0.29) is 12.5 Å². The van der Waals surface area contributed by atoms with Crippen LogP contribution in [-0.4, -0.2) is 23.3 Å². The molecule has 6 nitrogen and oxygen atoms in total. The maximum atomic E-state index is 12.7. The van der Waals surface area contributed by atoms with E-state index in [9.17, 15) is 4.79 Å². The van der Waals surface area contributed by atoms with Gasteiger partial charge in [-0.05, 0) is 65.1 Å². The maximum absolute atomic E-state index is 12.7. The second kappa shape index (κ2) is 7.05. The molecule has 5 rings (SSSR count).